The van der Waals surface area contributed by atoms with Crippen LogP contribution in [0.3, 0.4) is 0 Å². The third-order valence-corrected chi connectivity index (χ3v) is 10.4. The summed E-state index contributed by atoms with van der Waals surface area (Å²) in [5.74, 6) is 0.486. The highest BCUT2D eigenvalue weighted by Crippen LogP contribution is 2.56. The van der Waals surface area contributed by atoms with Crippen LogP contribution in [0.2, 0.25) is 0 Å². The number of benzene rings is 2. The van der Waals surface area contributed by atoms with E-state index in [9.17, 15) is 24.3 Å². The Balaban J connectivity index is 1.13. The summed E-state index contributed by atoms with van der Waals surface area (Å²) < 4.78 is 12.1. The largest absolute Gasteiger partial charge is 0.514 e. The summed E-state index contributed by atoms with van der Waals surface area (Å²) in [5.41, 5.74) is 0.370. The third kappa shape index (κ3) is 6.19. The van der Waals surface area contributed by atoms with Crippen molar-refractivity contribution >= 4 is 29.0 Å². The maximum absolute atomic E-state index is 13.9. The minimum atomic E-state index is -1.44. The molecule has 8 rings (SSSR count). The van der Waals surface area contributed by atoms with Gasteiger partial charge in [0, 0.05) is 29.8 Å². The molecule has 3 unspecified atom stereocenters. The fourth-order valence-electron chi connectivity index (χ4n) is 8.46. The lowest BCUT2D eigenvalue weighted by molar-refractivity contribution is -0.143. The number of aliphatic hydroxyl groups is 1. The number of nitrogens with one attached hydrogen (secondary N) is 2. The van der Waals surface area contributed by atoms with Crippen LogP contribution in [0, 0.1) is 17.8 Å². The Morgan fingerprint density at radius 3 is 2.33 bits per heavy atom. The van der Waals surface area contributed by atoms with E-state index in [0.29, 0.717) is 28.2 Å². The van der Waals surface area contributed by atoms with Gasteiger partial charge in [-0.1, -0.05) is 30.3 Å². The van der Waals surface area contributed by atoms with Crippen molar-refractivity contribution in [1.82, 2.24) is 20.2 Å². The monoisotopic (exact) mass is 664 g/mol. The average molecular weight is 665 g/mol. The van der Waals surface area contributed by atoms with E-state index in [1.54, 1.807) is 47.2 Å². The van der Waals surface area contributed by atoms with Gasteiger partial charge in [0.15, 0.2) is 11.1 Å². The molecule has 0 saturated heterocycles. The first-order chi connectivity index (χ1) is 23.4. The Labute approximate surface area is 283 Å². The van der Waals surface area contributed by atoms with Gasteiger partial charge in [0.05, 0.1) is 23.7 Å². The van der Waals surface area contributed by atoms with Crippen molar-refractivity contribution in [2.45, 2.75) is 69.6 Å². The van der Waals surface area contributed by atoms with E-state index in [4.69, 9.17) is 9.47 Å². The standard InChI is InChI=1S/C38H40N4O7/c1-37(2,47)35(45)41-38-19-23-16-25(20-38)30(26(17-23)21-38)40-33(44)24-13-11-22(12-14-24)18-29-31(43)28-10-7-15-39-32(28)42(27-8-5-4-6-9-27)34(29)49-36(46)48-3/h4-15,23,25-26,30,47H,16-21H2,1-3H3,(H,40,44)(H,41,45)/t23?,25-,26+,30?,38?. The minimum absolute atomic E-state index is 0.00877. The molecule has 4 aromatic rings. The summed E-state index contributed by atoms with van der Waals surface area (Å²) in [6.45, 7) is 3.01. The Kier molecular flexibility index (Phi) is 8.26. The lowest BCUT2D eigenvalue weighted by Gasteiger charge is -2.60. The van der Waals surface area contributed by atoms with Crippen molar-refractivity contribution in [2.75, 3.05) is 7.11 Å². The van der Waals surface area contributed by atoms with Crippen LogP contribution < -0.4 is 20.8 Å². The van der Waals surface area contributed by atoms with Gasteiger partial charge >= 0.3 is 6.16 Å². The fraction of sp³-hybridized carbons (Fsp3) is 0.395. The Bertz CT molecular complexity index is 1970. The summed E-state index contributed by atoms with van der Waals surface area (Å²) in [4.78, 5) is 57.0. The van der Waals surface area contributed by atoms with Gasteiger partial charge in [0.1, 0.15) is 5.60 Å². The lowest BCUT2D eigenvalue weighted by Crippen LogP contribution is -2.68. The van der Waals surface area contributed by atoms with Crippen molar-refractivity contribution in [2.24, 2.45) is 17.8 Å². The molecule has 4 aliphatic carbocycles. The molecule has 2 aromatic carbocycles. The van der Waals surface area contributed by atoms with Crippen LogP contribution in [0.5, 0.6) is 5.88 Å². The molecule has 2 aromatic heterocycles. The predicted octanol–water partition coefficient (Wildman–Crippen LogP) is 4.69. The number of aromatic nitrogens is 2. The van der Waals surface area contributed by atoms with Gasteiger partial charge in [-0.3, -0.25) is 19.0 Å². The maximum Gasteiger partial charge on any atom is 0.514 e. The molecule has 0 radical (unpaired) electrons. The number of carbonyl (C=O) groups excluding carboxylic acids is 3. The average Bonchev–Trinajstić information content (AvgIpc) is 3.08. The molecule has 254 valence electrons. The van der Waals surface area contributed by atoms with E-state index in [-0.39, 0.29) is 58.5 Å². The molecule has 4 saturated carbocycles. The fourth-order valence-corrected chi connectivity index (χ4v) is 8.46. The van der Waals surface area contributed by atoms with Crippen LogP contribution >= 0.6 is 0 Å². The van der Waals surface area contributed by atoms with Crippen molar-refractivity contribution in [3.8, 4) is 11.6 Å². The highest BCUT2D eigenvalue weighted by molar-refractivity contribution is 5.94. The molecular formula is C38H40N4O7. The highest BCUT2D eigenvalue weighted by atomic mass is 16.7. The second-order valence-corrected chi connectivity index (χ2v) is 14.4. The summed E-state index contributed by atoms with van der Waals surface area (Å²) >= 11 is 0. The highest BCUT2D eigenvalue weighted by Gasteiger charge is 2.56. The van der Waals surface area contributed by atoms with Gasteiger partial charge in [-0.05, 0) is 106 Å². The number of amides is 2. The summed E-state index contributed by atoms with van der Waals surface area (Å²) in [6, 6.07) is 19.7. The van der Waals surface area contributed by atoms with E-state index in [1.807, 2.05) is 30.3 Å². The quantitative estimate of drug-likeness (QED) is 0.230. The molecule has 11 nitrogen and oxygen atoms in total. The van der Waals surface area contributed by atoms with E-state index in [2.05, 4.69) is 15.6 Å². The number of carbonyl (C=O) groups is 3. The molecule has 5 atom stereocenters. The molecule has 49 heavy (non-hydrogen) atoms. The zero-order chi connectivity index (χ0) is 34.5. The molecule has 4 bridgehead atoms. The van der Waals surface area contributed by atoms with Crippen LogP contribution in [-0.2, 0) is 16.0 Å². The molecule has 4 fully saturated rings. The van der Waals surface area contributed by atoms with Gasteiger partial charge in [0.2, 0.25) is 5.88 Å². The Morgan fingerprint density at radius 1 is 0.980 bits per heavy atom. The minimum Gasteiger partial charge on any atom is -0.437 e. The second kappa shape index (κ2) is 12.5. The molecule has 2 heterocycles. The number of hydrogen-bond donors (Lipinski definition) is 3. The third-order valence-electron chi connectivity index (χ3n) is 10.4. The zero-order valence-corrected chi connectivity index (χ0v) is 27.8. The first kappa shape index (κ1) is 32.5. The van der Waals surface area contributed by atoms with Gasteiger partial charge in [-0.25, -0.2) is 9.78 Å². The van der Waals surface area contributed by atoms with Crippen molar-refractivity contribution in [3.63, 3.8) is 0 Å². The van der Waals surface area contributed by atoms with Crippen molar-refractivity contribution < 1.29 is 29.0 Å². The number of methoxy groups -OCH3 is 1. The summed E-state index contributed by atoms with van der Waals surface area (Å²) in [7, 11) is 1.20. The number of fused-ring (bicyclic) bond motifs is 1. The molecule has 3 N–H and O–H groups in total. The summed E-state index contributed by atoms with van der Waals surface area (Å²) in [5, 5.41) is 17.1. The van der Waals surface area contributed by atoms with Crippen LogP contribution in [0.1, 0.15) is 67.4 Å². The number of pyridine rings is 2. The predicted molar refractivity (Wildman–Crippen MR) is 182 cm³/mol. The molecular weight excluding hydrogens is 624 g/mol. The van der Waals surface area contributed by atoms with Gasteiger partial charge in [-0.2, -0.15) is 0 Å². The number of nitrogens with zero attached hydrogens (tertiary/aromatic N) is 2. The molecule has 0 spiro atoms. The molecule has 0 aliphatic heterocycles. The first-order valence-corrected chi connectivity index (χ1v) is 16.7. The van der Waals surface area contributed by atoms with E-state index in [0.717, 1.165) is 37.7 Å². The SMILES string of the molecule is COC(=O)Oc1c(Cc2ccc(C(=O)NC3[C@@H]4CC5C[C@H]3CC(NC(=O)C(C)(C)O)(C5)C4)cc2)c(=O)c2cccnc2n1-c1ccccc1. The van der Waals surface area contributed by atoms with E-state index < -0.39 is 11.8 Å². The van der Waals surface area contributed by atoms with Crippen LogP contribution in [-0.4, -0.2) is 56.9 Å². The van der Waals surface area contributed by atoms with Crippen LogP contribution in [0.25, 0.3) is 16.7 Å². The number of para-hydroxylation sites is 1. The molecule has 4 aliphatic rings. The van der Waals surface area contributed by atoms with E-state index >= 15 is 0 Å². The smallest absolute Gasteiger partial charge is 0.437 e. The van der Waals surface area contributed by atoms with Gasteiger partial charge < -0.3 is 25.2 Å². The maximum atomic E-state index is 13.9. The van der Waals surface area contributed by atoms with Crippen LogP contribution in [0.15, 0.2) is 77.7 Å². The normalized spacial score (nSPS) is 24.0. The van der Waals surface area contributed by atoms with E-state index in [1.165, 1.54) is 21.0 Å². The van der Waals surface area contributed by atoms with Gasteiger partial charge in [0.25, 0.3) is 11.8 Å². The van der Waals surface area contributed by atoms with Crippen LogP contribution in [0.4, 0.5) is 4.79 Å². The molecule has 2 amide bonds. The van der Waals surface area contributed by atoms with Crippen molar-refractivity contribution in [3.05, 3.63) is 99.8 Å². The Hall–Kier alpha value is -5.03. The Morgan fingerprint density at radius 2 is 1.67 bits per heavy atom. The van der Waals surface area contributed by atoms with Crippen molar-refractivity contribution in [1.29, 1.82) is 0 Å². The van der Waals surface area contributed by atoms with Gasteiger partial charge in [-0.15, -0.1) is 0 Å². The zero-order valence-electron chi connectivity index (χ0n) is 27.8. The summed E-state index contributed by atoms with van der Waals surface area (Å²) in [6.07, 6.45) is 5.23. The topological polar surface area (TPSA) is 149 Å². The first-order valence-electron chi connectivity index (χ1n) is 16.7. The number of ether oxygens (including phenoxy) is 2. The number of rotatable bonds is 8. The molecule has 11 heteroatoms. The second-order valence-electron chi connectivity index (χ2n) is 14.4. The number of hydrogen-bond acceptors (Lipinski definition) is 8. The lowest BCUT2D eigenvalue weighted by atomic mass is 9.51.